The third kappa shape index (κ3) is 8.05. The van der Waals surface area contributed by atoms with Crippen LogP contribution in [0.2, 0.25) is 5.02 Å². The smallest absolute Gasteiger partial charge is 0.264 e. The van der Waals surface area contributed by atoms with Gasteiger partial charge in [-0.05, 0) is 73.4 Å². The van der Waals surface area contributed by atoms with Crippen LogP contribution in [0, 0.1) is 18.7 Å². The molecule has 0 saturated carbocycles. The van der Waals surface area contributed by atoms with Gasteiger partial charge in [-0.25, -0.2) is 12.8 Å². The number of benzene rings is 3. The Hall–Kier alpha value is -3.43. The lowest BCUT2D eigenvalue weighted by molar-refractivity contribution is -0.140. The van der Waals surface area contributed by atoms with Gasteiger partial charge in [-0.1, -0.05) is 62.2 Å². The fourth-order valence-electron chi connectivity index (χ4n) is 4.10. The van der Waals surface area contributed by atoms with E-state index in [-0.39, 0.29) is 29.0 Å². The van der Waals surface area contributed by atoms with E-state index in [0.717, 1.165) is 39.7 Å². The molecule has 0 aliphatic heterocycles. The minimum absolute atomic E-state index is 0.0714. The van der Waals surface area contributed by atoms with Gasteiger partial charge in [-0.2, -0.15) is 0 Å². The topological polar surface area (TPSA) is 86.8 Å². The lowest BCUT2D eigenvalue weighted by Crippen LogP contribution is -2.52. The van der Waals surface area contributed by atoms with Crippen LogP contribution in [0.5, 0.6) is 0 Å². The van der Waals surface area contributed by atoms with Crippen molar-refractivity contribution in [3.8, 4) is 0 Å². The molecule has 10 heteroatoms. The van der Waals surface area contributed by atoms with Crippen molar-refractivity contribution in [2.75, 3.05) is 17.4 Å². The lowest BCUT2D eigenvalue weighted by Gasteiger charge is -2.33. The van der Waals surface area contributed by atoms with Gasteiger partial charge in [0, 0.05) is 18.1 Å². The Balaban J connectivity index is 2.03. The van der Waals surface area contributed by atoms with Crippen LogP contribution in [0.3, 0.4) is 0 Å². The molecule has 3 aromatic rings. The maximum absolute atomic E-state index is 14.0. The summed E-state index contributed by atoms with van der Waals surface area (Å²) in [4.78, 5) is 28.5. The van der Waals surface area contributed by atoms with Gasteiger partial charge in [-0.15, -0.1) is 0 Å². The fourth-order valence-corrected chi connectivity index (χ4v) is 5.64. The highest BCUT2D eigenvalue weighted by Crippen LogP contribution is 2.25. The monoisotopic (exact) mass is 587 g/mol. The van der Waals surface area contributed by atoms with E-state index < -0.39 is 34.3 Å². The molecule has 214 valence electrons. The molecule has 0 saturated heterocycles. The molecule has 2 amide bonds. The van der Waals surface area contributed by atoms with E-state index in [2.05, 4.69) is 5.32 Å². The van der Waals surface area contributed by atoms with E-state index in [1.54, 1.807) is 55.5 Å². The fraction of sp³-hybridized carbons (Fsp3) is 0.333. The van der Waals surface area contributed by atoms with E-state index in [0.29, 0.717) is 18.0 Å². The first-order valence-corrected chi connectivity index (χ1v) is 14.9. The van der Waals surface area contributed by atoms with Gasteiger partial charge in [-0.3, -0.25) is 13.9 Å². The zero-order chi connectivity index (χ0) is 29.4. The minimum Gasteiger partial charge on any atom is -0.354 e. The first kappa shape index (κ1) is 31.1. The summed E-state index contributed by atoms with van der Waals surface area (Å²) in [7, 11) is -4.26. The molecule has 0 aliphatic carbocycles. The molecule has 0 spiro atoms. The second-order valence-electron chi connectivity index (χ2n) is 10.0. The zero-order valence-corrected chi connectivity index (χ0v) is 24.7. The molecule has 7 nitrogen and oxygen atoms in total. The number of nitrogens with one attached hydrogen (secondary N) is 1. The number of nitrogens with zero attached hydrogens (tertiary/aromatic N) is 2. The van der Waals surface area contributed by atoms with Crippen LogP contribution >= 0.6 is 11.6 Å². The summed E-state index contributed by atoms with van der Waals surface area (Å²) in [6.45, 7) is 7.55. The molecule has 0 radical (unpaired) electrons. The van der Waals surface area contributed by atoms with Crippen molar-refractivity contribution in [2.24, 2.45) is 5.92 Å². The second-order valence-corrected chi connectivity index (χ2v) is 12.3. The van der Waals surface area contributed by atoms with Crippen molar-refractivity contribution in [3.05, 3.63) is 94.8 Å². The Labute approximate surface area is 241 Å². The van der Waals surface area contributed by atoms with Gasteiger partial charge < -0.3 is 10.2 Å². The first-order valence-electron chi connectivity index (χ1n) is 13.1. The summed E-state index contributed by atoms with van der Waals surface area (Å²) in [5.41, 5.74) is 1.91. The molecule has 1 unspecified atom stereocenters. The van der Waals surface area contributed by atoms with Crippen LogP contribution in [-0.4, -0.2) is 44.3 Å². The van der Waals surface area contributed by atoms with Gasteiger partial charge in [0.25, 0.3) is 10.0 Å². The van der Waals surface area contributed by atoms with Crippen LogP contribution in [-0.2, 0) is 26.2 Å². The quantitative estimate of drug-likeness (QED) is 0.300. The molecule has 3 rings (SSSR count). The average Bonchev–Trinajstić information content (AvgIpc) is 2.92. The third-order valence-corrected chi connectivity index (χ3v) is 8.38. The highest BCUT2D eigenvalue weighted by atomic mass is 35.5. The average molecular weight is 588 g/mol. The van der Waals surface area contributed by atoms with Crippen LogP contribution in [0.4, 0.5) is 10.1 Å². The van der Waals surface area contributed by atoms with Gasteiger partial charge in [0.1, 0.15) is 18.4 Å². The summed E-state index contributed by atoms with van der Waals surface area (Å²) in [6, 6.07) is 17.2. The van der Waals surface area contributed by atoms with Crippen LogP contribution in [0.15, 0.2) is 77.7 Å². The Morgan fingerprint density at radius 1 is 0.950 bits per heavy atom. The summed E-state index contributed by atoms with van der Waals surface area (Å²) in [5.74, 6) is -1.25. The first-order chi connectivity index (χ1) is 18.9. The molecule has 0 fully saturated rings. The van der Waals surface area contributed by atoms with Crippen molar-refractivity contribution >= 4 is 39.1 Å². The SMILES string of the molecule is CCC(C(=O)NCC(C)C)N(Cc1ccc(Cl)cc1)C(=O)CN(c1ccc(C)cc1)S(=O)(=O)c1ccc(F)cc1. The number of anilines is 1. The van der Waals surface area contributed by atoms with E-state index in [1.165, 1.54) is 4.90 Å². The minimum atomic E-state index is -4.26. The van der Waals surface area contributed by atoms with E-state index >= 15 is 0 Å². The van der Waals surface area contributed by atoms with Crippen molar-refractivity contribution in [1.29, 1.82) is 0 Å². The van der Waals surface area contributed by atoms with Crippen LogP contribution in [0.1, 0.15) is 38.3 Å². The zero-order valence-electron chi connectivity index (χ0n) is 23.1. The van der Waals surface area contributed by atoms with Gasteiger partial charge in [0.05, 0.1) is 10.6 Å². The molecule has 0 bridgehead atoms. The largest absolute Gasteiger partial charge is 0.354 e. The number of carbonyl (C=O) groups excluding carboxylic acids is 2. The van der Waals surface area contributed by atoms with Crippen molar-refractivity contribution in [1.82, 2.24) is 10.2 Å². The highest BCUT2D eigenvalue weighted by molar-refractivity contribution is 7.92. The van der Waals surface area contributed by atoms with E-state index in [9.17, 15) is 22.4 Å². The van der Waals surface area contributed by atoms with Gasteiger partial charge in [0.2, 0.25) is 11.8 Å². The predicted octanol–water partition coefficient (Wildman–Crippen LogP) is 5.56. The summed E-state index contributed by atoms with van der Waals surface area (Å²) >= 11 is 6.05. The summed E-state index contributed by atoms with van der Waals surface area (Å²) < 4.78 is 42.1. The lowest BCUT2D eigenvalue weighted by atomic mass is 10.1. The number of sulfonamides is 1. The molecule has 0 heterocycles. The van der Waals surface area contributed by atoms with E-state index in [4.69, 9.17) is 11.6 Å². The highest BCUT2D eigenvalue weighted by Gasteiger charge is 2.33. The second kappa shape index (κ2) is 13.8. The molecule has 1 N–H and O–H groups in total. The molecule has 0 aromatic heterocycles. The number of halogens is 2. The Bertz CT molecular complexity index is 1400. The maximum atomic E-state index is 14.0. The maximum Gasteiger partial charge on any atom is 0.264 e. The summed E-state index contributed by atoms with van der Waals surface area (Å²) in [6.07, 6.45) is 0.318. The van der Waals surface area contributed by atoms with Crippen molar-refractivity contribution < 1.29 is 22.4 Å². The summed E-state index contributed by atoms with van der Waals surface area (Å²) in [5, 5.41) is 3.42. The molecular weight excluding hydrogens is 553 g/mol. The molecule has 40 heavy (non-hydrogen) atoms. The van der Waals surface area contributed by atoms with Crippen molar-refractivity contribution in [3.63, 3.8) is 0 Å². The third-order valence-electron chi connectivity index (χ3n) is 6.34. The van der Waals surface area contributed by atoms with E-state index in [1.807, 2.05) is 20.8 Å². The standard InChI is InChI=1S/C30H35ClFN3O4S/c1-5-28(30(37)33-18-21(2)3)34(19-23-8-10-24(31)11-9-23)29(36)20-35(26-14-6-22(4)7-15-26)40(38,39)27-16-12-25(32)13-17-27/h6-17,21,28H,5,18-20H2,1-4H3,(H,33,37). The molecule has 0 aliphatic rings. The van der Waals surface area contributed by atoms with Crippen LogP contribution in [0.25, 0.3) is 0 Å². The number of rotatable bonds is 12. The predicted molar refractivity (Wildman–Crippen MR) is 156 cm³/mol. The van der Waals surface area contributed by atoms with Crippen LogP contribution < -0.4 is 9.62 Å². The number of hydrogen-bond acceptors (Lipinski definition) is 4. The molecule has 3 aromatic carbocycles. The normalized spacial score (nSPS) is 12.2. The number of hydrogen-bond donors (Lipinski definition) is 1. The molecule has 1 atom stereocenters. The van der Waals surface area contributed by atoms with Gasteiger partial charge >= 0.3 is 0 Å². The number of amides is 2. The Morgan fingerprint density at radius 2 is 1.55 bits per heavy atom. The van der Waals surface area contributed by atoms with Gasteiger partial charge in [0.15, 0.2) is 0 Å². The Kier molecular flexibility index (Phi) is 10.7. The Morgan fingerprint density at radius 3 is 2.10 bits per heavy atom. The number of aryl methyl sites for hydroxylation is 1. The number of carbonyl (C=O) groups is 2. The molecular formula is C30H35ClFN3O4S. The van der Waals surface area contributed by atoms with Crippen molar-refractivity contribution in [2.45, 2.75) is 51.6 Å².